The first kappa shape index (κ1) is 14.5. The Bertz CT molecular complexity index is 406. The molecule has 2 heteroatoms. The number of benzene rings is 1. The average molecular weight is 260 g/mol. The van der Waals surface area contributed by atoms with Gasteiger partial charge in [-0.15, -0.1) is 0 Å². The molecule has 1 aliphatic rings. The van der Waals surface area contributed by atoms with E-state index in [1.54, 1.807) is 0 Å². The summed E-state index contributed by atoms with van der Waals surface area (Å²) in [6.45, 7) is 9.84. The summed E-state index contributed by atoms with van der Waals surface area (Å²) in [6.07, 6.45) is 2.35. The zero-order valence-electron chi connectivity index (χ0n) is 12.9. The third kappa shape index (κ3) is 3.01. The second kappa shape index (κ2) is 5.26. The molecule has 1 saturated heterocycles. The predicted molar refractivity (Wildman–Crippen MR) is 82.6 cm³/mol. The van der Waals surface area contributed by atoms with E-state index in [1.165, 1.54) is 24.0 Å². The quantitative estimate of drug-likeness (QED) is 0.886. The molecule has 2 nitrogen and oxygen atoms in total. The van der Waals surface area contributed by atoms with Crippen LogP contribution in [0, 0.1) is 0 Å². The molecule has 0 aliphatic carbocycles. The summed E-state index contributed by atoms with van der Waals surface area (Å²) >= 11 is 0. The lowest BCUT2D eigenvalue weighted by Crippen LogP contribution is -2.45. The number of nitrogens with zero attached hydrogens (tertiary/aromatic N) is 1. The van der Waals surface area contributed by atoms with Gasteiger partial charge in [-0.3, -0.25) is 0 Å². The minimum atomic E-state index is 0.197. The third-order valence-electron chi connectivity index (χ3n) is 4.70. The highest BCUT2D eigenvalue weighted by atomic mass is 15.1. The van der Waals surface area contributed by atoms with Crippen LogP contribution in [0.3, 0.4) is 0 Å². The van der Waals surface area contributed by atoms with Gasteiger partial charge >= 0.3 is 0 Å². The fourth-order valence-electron chi connectivity index (χ4n) is 2.98. The van der Waals surface area contributed by atoms with E-state index in [2.05, 4.69) is 57.0 Å². The van der Waals surface area contributed by atoms with Crippen LogP contribution in [0.2, 0.25) is 0 Å². The van der Waals surface area contributed by atoms with Crippen molar-refractivity contribution in [2.24, 2.45) is 5.73 Å². The van der Waals surface area contributed by atoms with E-state index in [-0.39, 0.29) is 10.8 Å². The molecule has 0 radical (unpaired) electrons. The van der Waals surface area contributed by atoms with Gasteiger partial charge in [0, 0.05) is 12.0 Å². The van der Waals surface area contributed by atoms with E-state index < -0.39 is 0 Å². The molecule has 106 valence electrons. The van der Waals surface area contributed by atoms with Gasteiger partial charge in [-0.05, 0) is 49.5 Å². The van der Waals surface area contributed by atoms with Crippen molar-refractivity contribution in [3.63, 3.8) is 0 Å². The van der Waals surface area contributed by atoms with E-state index in [0.717, 1.165) is 19.6 Å². The number of hydrogen-bond acceptors (Lipinski definition) is 2. The number of hydrogen-bond donors (Lipinski definition) is 1. The highest BCUT2D eigenvalue weighted by Crippen LogP contribution is 2.35. The fourth-order valence-corrected chi connectivity index (χ4v) is 2.98. The highest BCUT2D eigenvalue weighted by molar-refractivity contribution is 5.33. The monoisotopic (exact) mass is 260 g/mol. The Labute approximate surface area is 118 Å². The molecular weight excluding hydrogens is 232 g/mol. The molecule has 2 N–H and O–H groups in total. The minimum Gasteiger partial charge on any atom is -0.330 e. The lowest BCUT2D eigenvalue weighted by atomic mass is 9.72. The maximum absolute atomic E-state index is 6.12. The number of piperidine rings is 1. The van der Waals surface area contributed by atoms with E-state index in [1.807, 2.05) is 0 Å². The first-order chi connectivity index (χ1) is 8.87. The summed E-state index contributed by atoms with van der Waals surface area (Å²) in [4.78, 5) is 2.40. The Kier molecular flexibility index (Phi) is 4.03. The van der Waals surface area contributed by atoms with Crippen molar-refractivity contribution in [1.82, 2.24) is 4.90 Å². The second-order valence-electron chi connectivity index (χ2n) is 7.12. The van der Waals surface area contributed by atoms with Crippen molar-refractivity contribution in [1.29, 1.82) is 0 Å². The van der Waals surface area contributed by atoms with Gasteiger partial charge in [0.2, 0.25) is 0 Å². The Balaban J connectivity index is 2.25. The smallest absolute Gasteiger partial charge is 0.00998 e. The fraction of sp³-hybridized carbons (Fsp3) is 0.647. The summed E-state index contributed by atoms with van der Waals surface area (Å²) < 4.78 is 0. The Morgan fingerprint density at radius 3 is 2.05 bits per heavy atom. The molecule has 0 amide bonds. The van der Waals surface area contributed by atoms with Crippen molar-refractivity contribution in [3.05, 3.63) is 35.4 Å². The SMILES string of the molecule is CN1CCC(CN)(c2ccc(C(C)(C)C)cc2)CC1. The van der Waals surface area contributed by atoms with Crippen molar-refractivity contribution >= 4 is 0 Å². The molecule has 0 unspecified atom stereocenters. The summed E-state index contributed by atoms with van der Waals surface area (Å²) in [6, 6.07) is 9.17. The van der Waals surface area contributed by atoms with Crippen molar-refractivity contribution in [2.75, 3.05) is 26.7 Å². The van der Waals surface area contributed by atoms with Crippen LogP contribution in [0.1, 0.15) is 44.7 Å². The van der Waals surface area contributed by atoms with Gasteiger partial charge in [-0.1, -0.05) is 45.0 Å². The van der Waals surface area contributed by atoms with Crippen LogP contribution in [0.5, 0.6) is 0 Å². The van der Waals surface area contributed by atoms with E-state index in [0.29, 0.717) is 0 Å². The summed E-state index contributed by atoms with van der Waals surface area (Å²) in [5.74, 6) is 0. The average Bonchev–Trinajstić information content (AvgIpc) is 2.39. The molecule has 0 atom stereocenters. The molecule has 0 saturated carbocycles. The summed E-state index contributed by atoms with van der Waals surface area (Å²) in [5.41, 5.74) is 9.37. The molecule has 0 spiro atoms. The number of likely N-dealkylation sites (tertiary alicyclic amines) is 1. The summed E-state index contributed by atoms with van der Waals surface area (Å²) in [7, 11) is 2.20. The van der Waals surface area contributed by atoms with Gasteiger partial charge in [-0.2, -0.15) is 0 Å². The minimum absolute atomic E-state index is 0.197. The standard InChI is InChI=1S/C17H28N2/c1-16(2,3)14-5-7-15(8-6-14)17(13-18)9-11-19(4)12-10-17/h5-8H,9-13,18H2,1-4H3. The molecule has 1 aliphatic heterocycles. The van der Waals surface area contributed by atoms with Gasteiger partial charge in [-0.25, -0.2) is 0 Å². The van der Waals surface area contributed by atoms with Crippen LogP contribution < -0.4 is 5.73 Å². The molecule has 1 aromatic carbocycles. The van der Waals surface area contributed by atoms with Gasteiger partial charge < -0.3 is 10.6 Å². The first-order valence-corrected chi connectivity index (χ1v) is 7.37. The van der Waals surface area contributed by atoms with Crippen molar-refractivity contribution in [2.45, 2.75) is 44.4 Å². The number of rotatable bonds is 2. The van der Waals surface area contributed by atoms with Crippen molar-refractivity contribution in [3.8, 4) is 0 Å². The largest absolute Gasteiger partial charge is 0.330 e. The molecule has 1 fully saturated rings. The second-order valence-corrected chi connectivity index (χ2v) is 7.12. The van der Waals surface area contributed by atoms with Gasteiger partial charge in [0.1, 0.15) is 0 Å². The maximum atomic E-state index is 6.12. The molecule has 2 rings (SSSR count). The van der Waals surface area contributed by atoms with Crippen LogP contribution >= 0.6 is 0 Å². The zero-order chi connectivity index (χ0) is 14.1. The van der Waals surface area contributed by atoms with E-state index in [9.17, 15) is 0 Å². The lowest BCUT2D eigenvalue weighted by Gasteiger charge is -2.40. The van der Waals surface area contributed by atoms with E-state index in [4.69, 9.17) is 5.73 Å². The van der Waals surface area contributed by atoms with Crippen LogP contribution in [0.4, 0.5) is 0 Å². The highest BCUT2D eigenvalue weighted by Gasteiger charge is 2.34. The van der Waals surface area contributed by atoms with Crippen LogP contribution in [-0.4, -0.2) is 31.6 Å². The topological polar surface area (TPSA) is 29.3 Å². The van der Waals surface area contributed by atoms with Gasteiger partial charge in [0.25, 0.3) is 0 Å². The Morgan fingerprint density at radius 1 is 1.11 bits per heavy atom. The molecule has 1 aromatic rings. The van der Waals surface area contributed by atoms with Crippen LogP contribution in [0.25, 0.3) is 0 Å². The zero-order valence-corrected chi connectivity index (χ0v) is 12.9. The Hall–Kier alpha value is -0.860. The molecule has 0 bridgehead atoms. The summed E-state index contributed by atoms with van der Waals surface area (Å²) in [5, 5.41) is 0. The molecule has 0 aromatic heterocycles. The molecular formula is C17H28N2. The normalized spacial score (nSPS) is 20.5. The van der Waals surface area contributed by atoms with Crippen LogP contribution in [0.15, 0.2) is 24.3 Å². The first-order valence-electron chi connectivity index (χ1n) is 7.37. The predicted octanol–water partition coefficient (Wildman–Crippen LogP) is 2.91. The van der Waals surface area contributed by atoms with Gasteiger partial charge in [0.05, 0.1) is 0 Å². The molecule has 19 heavy (non-hydrogen) atoms. The lowest BCUT2D eigenvalue weighted by molar-refractivity contribution is 0.191. The third-order valence-corrected chi connectivity index (χ3v) is 4.70. The van der Waals surface area contributed by atoms with Gasteiger partial charge in [0.15, 0.2) is 0 Å². The Morgan fingerprint density at radius 2 is 1.63 bits per heavy atom. The number of nitrogens with two attached hydrogens (primary N) is 1. The van der Waals surface area contributed by atoms with E-state index >= 15 is 0 Å². The van der Waals surface area contributed by atoms with Crippen molar-refractivity contribution < 1.29 is 0 Å². The maximum Gasteiger partial charge on any atom is 0.00998 e. The van der Waals surface area contributed by atoms with Crippen LogP contribution in [-0.2, 0) is 10.8 Å². The molecule has 1 heterocycles.